The lowest BCUT2D eigenvalue weighted by Crippen LogP contribution is -2.36. The Morgan fingerprint density at radius 2 is 2.05 bits per heavy atom. The van der Waals surface area contributed by atoms with Gasteiger partial charge in [0.15, 0.2) is 0 Å². The zero-order valence-corrected chi connectivity index (χ0v) is 13.4. The topological polar surface area (TPSA) is 54.0 Å². The van der Waals surface area contributed by atoms with Crippen molar-refractivity contribution < 1.29 is 4.79 Å². The van der Waals surface area contributed by atoms with E-state index in [4.69, 9.17) is 0 Å². The molecule has 21 heavy (non-hydrogen) atoms. The first-order valence-electron chi connectivity index (χ1n) is 7.97. The molecule has 1 heterocycles. The third-order valence-electron chi connectivity index (χ3n) is 4.41. The van der Waals surface area contributed by atoms with Crippen LogP contribution < -0.4 is 10.6 Å². The lowest BCUT2D eigenvalue weighted by Gasteiger charge is -2.31. The average Bonchev–Trinajstić information content (AvgIpc) is 2.93. The highest BCUT2D eigenvalue weighted by Crippen LogP contribution is 2.42. The predicted molar refractivity (Wildman–Crippen MR) is 86.5 cm³/mol. The highest BCUT2D eigenvalue weighted by molar-refractivity contribution is 5.94. The van der Waals surface area contributed by atoms with E-state index >= 15 is 0 Å². The van der Waals surface area contributed by atoms with Crippen molar-refractivity contribution in [2.45, 2.75) is 46.0 Å². The molecule has 2 rings (SSSR count). The fourth-order valence-electron chi connectivity index (χ4n) is 3.49. The van der Waals surface area contributed by atoms with Crippen LogP contribution in [0.15, 0.2) is 18.3 Å². The summed E-state index contributed by atoms with van der Waals surface area (Å²) in [6.45, 7) is 5.32. The SMILES string of the molecule is CNc1ccc(C(=O)NCC2(CC(C)C)CCCC2)cn1. The van der Waals surface area contributed by atoms with Crippen LogP contribution in [0.25, 0.3) is 0 Å². The molecule has 1 aliphatic rings. The molecule has 0 saturated heterocycles. The van der Waals surface area contributed by atoms with Crippen molar-refractivity contribution >= 4 is 11.7 Å². The number of carbonyl (C=O) groups excluding carboxylic acids is 1. The molecule has 1 aromatic rings. The van der Waals surface area contributed by atoms with E-state index in [-0.39, 0.29) is 5.91 Å². The molecule has 116 valence electrons. The largest absolute Gasteiger partial charge is 0.373 e. The van der Waals surface area contributed by atoms with Crippen LogP contribution in [0.4, 0.5) is 5.82 Å². The Kier molecular flexibility index (Phi) is 5.21. The van der Waals surface area contributed by atoms with Crippen molar-refractivity contribution in [3.63, 3.8) is 0 Å². The van der Waals surface area contributed by atoms with Crippen LogP contribution in [-0.2, 0) is 0 Å². The van der Waals surface area contributed by atoms with Crippen molar-refractivity contribution in [1.29, 1.82) is 0 Å². The fraction of sp³-hybridized carbons (Fsp3) is 0.647. The summed E-state index contributed by atoms with van der Waals surface area (Å²) in [6, 6.07) is 3.65. The van der Waals surface area contributed by atoms with Crippen molar-refractivity contribution in [1.82, 2.24) is 10.3 Å². The van der Waals surface area contributed by atoms with Gasteiger partial charge >= 0.3 is 0 Å². The number of rotatable bonds is 6. The minimum absolute atomic E-state index is 0.0137. The van der Waals surface area contributed by atoms with E-state index in [0.717, 1.165) is 12.4 Å². The summed E-state index contributed by atoms with van der Waals surface area (Å²) >= 11 is 0. The number of carbonyl (C=O) groups is 1. The van der Waals surface area contributed by atoms with Gasteiger partial charge in [0, 0.05) is 19.8 Å². The second-order valence-electron chi connectivity index (χ2n) is 6.67. The average molecular weight is 289 g/mol. The number of nitrogens with zero attached hydrogens (tertiary/aromatic N) is 1. The Labute approximate surface area is 127 Å². The van der Waals surface area contributed by atoms with Gasteiger partial charge in [-0.25, -0.2) is 4.98 Å². The molecule has 2 N–H and O–H groups in total. The van der Waals surface area contributed by atoms with E-state index in [1.165, 1.54) is 32.1 Å². The first-order valence-corrected chi connectivity index (χ1v) is 7.97. The van der Waals surface area contributed by atoms with Crippen LogP contribution in [0.2, 0.25) is 0 Å². The van der Waals surface area contributed by atoms with Crippen molar-refractivity contribution in [2.75, 3.05) is 18.9 Å². The molecule has 0 radical (unpaired) electrons. The third-order valence-corrected chi connectivity index (χ3v) is 4.41. The molecule has 1 amide bonds. The Hall–Kier alpha value is -1.58. The maximum absolute atomic E-state index is 12.3. The second-order valence-corrected chi connectivity index (χ2v) is 6.67. The number of amides is 1. The Balaban J connectivity index is 1.95. The van der Waals surface area contributed by atoms with E-state index in [2.05, 4.69) is 29.5 Å². The van der Waals surface area contributed by atoms with Crippen molar-refractivity contribution in [3.8, 4) is 0 Å². The molecule has 0 spiro atoms. The van der Waals surface area contributed by atoms with Crippen LogP contribution in [0.3, 0.4) is 0 Å². The van der Waals surface area contributed by atoms with Crippen LogP contribution >= 0.6 is 0 Å². The predicted octanol–water partition coefficient (Wildman–Crippen LogP) is 3.46. The Morgan fingerprint density at radius 3 is 2.57 bits per heavy atom. The van der Waals surface area contributed by atoms with Crippen LogP contribution in [0.5, 0.6) is 0 Å². The van der Waals surface area contributed by atoms with Gasteiger partial charge in [0.1, 0.15) is 5.82 Å². The molecule has 1 aromatic heterocycles. The summed E-state index contributed by atoms with van der Waals surface area (Å²) in [5.41, 5.74) is 0.939. The summed E-state index contributed by atoms with van der Waals surface area (Å²) in [4.78, 5) is 16.4. The van der Waals surface area contributed by atoms with Crippen LogP contribution in [0.1, 0.15) is 56.3 Å². The van der Waals surface area contributed by atoms with E-state index in [9.17, 15) is 4.79 Å². The number of pyridine rings is 1. The van der Waals surface area contributed by atoms with Crippen LogP contribution in [-0.4, -0.2) is 24.5 Å². The zero-order chi connectivity index (χ0) is 15.3. The van der Waals surface area contributed by atoms with Gasteiger partial charge in [-0.15, -0.1) is 0 Å². The molecule has 1 saturated carbocycles. The molecular formula is C17H27N3O. The van der Waals surface area contributed by atoms with Gasteiger partial charge in [0.2, 0.25) is 0 Å². The number of hydrogen-bond acceptors (Lipinski definition) is 3. The molecule has 1 aliphatic carbocycles. The minimum Gasteiger partial charge on any atom is -0.373 e. The van der Waals surface area contributed by atoms with Crippen LogP contribution in [0, 0.1) is 11.3 Å². The standard InChI is InChI=1S/C17H27N3O/c1-13(2)10-17(8-4-5-9-17)12-20-16(21)14-6-7-15(18-3)19-11-14/h6-7,11,13H,4-5,8-10,12H2,1-3H3,(H,18,19)(H,20,21). The Morgan fingerprint density at radius 1 is 1.33 bits per heavy atom. The minimum atomic E-state index is -0.0137. The quantitative estimate of drug-likeness (QED) is 0.843. The molecule has 1 fully saturated rings. The molecule has 4 heteroatoms. The molecule has 4 nitrogen and oxygen atoms in total. The number of aromatic nitrogens is 1. The van der Waals surface area contributed by atoms with E-state index in [0.29, 0.717) is 16.9 Å². The van der Waals surface area contributed by atoms with Gasteiger partial charge in [-0.1, -0.05) is 26.7 Å². The molecular weight excluding hydrogens is 262 g/mol. The fourth-order valence-corrected chi connectivity index (χ4v) is 3.49. The van der Waals surface area contributed by atoms with Gasteiger partial charge in [-0.3, -0.25) is 4.79 Å². The zero-order valence-electron chi connectivity index (χ0n) is 13.4. The molecule has 0 unspecified atom stereocenters. The number of nitrogens with one attached hydrogen (secondary N) is 2. The van der Waals surface area contributed by atoms with E-state index in [1.807, 2.05) is 19.2 Å². The van der Waals surface area contributed by atoms with Gasteiger partial charge < -0.3 is 10.6 Å². The van der Waals surface area contributed by atoms with Gasteiger partial charge in [0.25, 0.3) is 5.91 Å². The lowest BCUT2D eigenvalue weighted by molar-refractivity contribution is 0.0921. The molecule has 0 aliphatic heterocycles. The van der Waals surface area contributed by atoms with E-state index < -0.39 is 0 Å². The van der Waals surface area contributed by atoms with Gasteiger partial charge in [-0.2, -0.15) is 0 Å². The van der Waals surface area contributed by atoms with Gasteiger partial charge in [-0.05, 0) is 42.7 Å². The lowest BCUT2D eigenvalue weighted by atomic mass is 9.78. The maximum Gasteiger partial charge on any atom is 0.252 e. The monoisotopic (exact) mass is 289 g/mol. The first kappa shape index (κ1) is 15.8. The van der Waals surface area contributed by atoms with E-state index in [1.54, 1.807) is 6.20 Å². The molecule has 0 aromatic carbocycles. The maximum atomic E-state index is 12.3. The summed E-state index contributed by atoms with van der Waals surface area (Å²) < 4.78 is 0. The second kappa shape index (κ2) is 6.92. The Bertz CT molecular complexity index is 461. The van der Waals surface area contributed by atoms with Crippen molar-refractivity contribution in [2.24, 2.45) is 11.3 Å². The highest BCUT2D eigenvalue weighted by atomic mass is 16.1. The van der Waals surface area contributed by atoms with Gasteiger partial charge in [0.05, 0.1) is 5.56 Å². The third kappa shape index (κ3) is 4.19. The summed E-state index contributed by atoms with van der Waals surface area (Å²) in [6.07, 6.45) is 7.89. The highest BCUT2D eigenvalue weighted by Gasteiger charge is 2.34. The van der Waals surface area contributed by atoms with Crippen molar-refractivity contribution in [3.05, 3.63) is 23.9 Å². The summed E-state index contributed by atoms with van der Waals surface area (Å²) in [5.74, 6) is 1.44. The summed E-state index contributed by atoms with van der Waals surface area (Å²) in [7, 11) is 1.82. The number of hydrogen-bond donors (Lipinski definition) is 2. The number of anilines is 1. The molecule has 0 bridgehead atoms. The normalized spacial score (nSPS) is 17.0. The summed E-state index contributed by atoms with van der Waals surface area (Å²) in [5, 5.41) is 6.08. The smallest absolute Gasteiger partial charge is 0.252 e. The first-order chi connectivity index (χ1) is 10.0. The molecule has 0 atom stereocenters.